The van der Waals surface area contributed by atoms with Gasteiger partial charge in [0.15, 0.2) is 0 Å². The minimum Gasteiger partial charge on any atom is -0.464 e. The predicted molar refractivity (Wildman–Crippen MR) is 99.1 cm³/mol. The van der Waals surface area contributed by atoms with E-state index in [-0.39, 0.29) is 11.8 Å². The molecule has 1 atom stereocenters. The van der Waals surface area contributed by atoms with Crippen molar-refractivity contribution in [2.24, 2.45) is 5.92 Å². The van der Waals surface area contributed by atoms with Crippen molar-refractivity contribution in [3.63, 3.8) is 0 Å². The zero-order valence-electron chi connectivity index (χ0n) is 14.9. The number of furan rings is 1. The lowest BCUT2D eigenvalue weighted by Crippen LogP contribution is -2.36. The lowest BCUT2D eigenvalue weighted by molar-refractivity contribution is 0.0737. The van der Waals surface area contributed by atoms with E-state index in [0.717, 1.165) is 23.0 Å². The number of aromatic nitrogens is 1. The van der Waals surface area contributed by atoms with Crippen LogP contribution >= 0.6 is 0 Å². The monoisotopic (exact) mass is 350 g/mol. The van der Waals surface area contributed by atoms with Gasteiger partial charge in [-0.05, 0) is 42.7 Å². The normalized spacial score (nSPS) is 18.0. The zero-order valence-corrected chi connectivity index (χ0v) is 14.9. The Morgan fingerprint density at radius 3 is 3.08 bits per heavy atom. The fourth-order valence-corrected chi connectivity index (χ4v) is 3.50. The molecule has 0 saturated carbocycles. The number of amides is 1. The maximum atomic E-state index is 12.9. The van der Waals surface area contributed by atoms with Gasteiger partial charge in [-0.2, -0.15) is 0 Å². The number of hydrogen-bond donors (Lipinski definition) is 0. The minimum absolute atomic E-state index is 0.0261. The van der Waals surface area contributed by atoms with E-state index in [1.165, 1.54) is 5.56 Å². The Kier molecular flexibility index (Phi) is 4.71. The highest BCUT2D eigenvalue weighted by Crippen LogP contribution is 2.21. The van der Waals surface area contributed by atoms with E-state index in [1.54, 1.807) is 18.7 Å². The Labute approximate surface area is 152 Å². The summed E-state index contributed by atoms with van der Waals surface area (Å²) in [4.78, 5) is 18.9. The number of fused-ring (bicyclic) bond motifs is 1. The topological polar surface area (TPSA) is 55.6 Å². The van der Waals surface area contributed by atoms with Crippen molar-refractivity contribution in [1.82, 2.24) is 9.88 Å². The SMILES string of the molecule is Cc1cncc(C(=O)N2CCOC[C@@H](Cc3ccc4ccoc4c3)C2)c1. The lowest BCUT2D eigenvalue weighted by Gasteiger charge is -2.24. The van der Waals surface area contributed by atoms with Crippen molar-refractivity contribution < 1.29 is 13.9 Å². The molecule has 3 aromatic rings. The van der Waals surface area contributed by atoms with Gasteiger partial charge in [0.05, 0.1) is 25.0 Å². The molecule has 0 radical (unpaired) electrons. The van der Waals surface area contributed by atoms with Gasteiger partial charge in [-0.1, -0.05) is 12.1 Å². The zero-order chi connectivity index (χ0) is 17.9. The van der Waals surface area contributed by atoms with E-state index in [0.29, 0.717) is 31.9 Å². The molecule has 26 heavy (non-hydrogen) atoms. The first-order valence-electron chi connectivity index (χ1n) is 8.94. The van der Waals surface area contributed by atoms with Gasteiger partial charge in [0, 0.05) is 36.8 Å². The molecule has 0 unspecified atom stereocenters. The van der Waals surface area contributed by atoms with Gasteiger partial charge in [-0.15, -0.1) is 0 Å². The number of carbonyl (C=O) groups excluding carboxylic acids is 1. The van der Waals surface area contributed by atoms with Crippen LogP contribution in [0.2, 0.25) is 0 Å². The van der Waals surface area contributed by atoms with Crippen LogP contribution in [-0.2, 0) is 11.2 Å². The van der Waals surface area contributed by atoms with E-state index in [2.05, 4.69) is 23.2 Å². The van der Waals surface area contributed by atoms with Gasteiger partial charge in [0.1, 0.15) is 5.58 Å². The first-order chi connectivity index (χ1) is 12.7. The Balaban J connectivity index is 1.49. The highest BCUT2D eigenvalue weighted by atomic mass is 16.5. The molecule has 3 heterocycles. The molecule has 5 nitrogen and oxygen atoms in total. The van der Waals surface area contributed by atoms with Gasteiger partial charge in [-0.3, -0.25) is 9.78 Å². The van der Waals surface area contributed by atoms with Crippen molar-refractivity contribution in [2.75, 3.05) is 26.3 Å². The summed E-state index contributed by atoms with van der Waals surface area (Å²) in [6.07, 6.45) is 5.96. The van der Waals surface area contributed by atoms with Crippen LogP contribution in [0.25, 0.3) is 11.0 Å². The van der Waals surface area contributed by atoms with Crippen molar-refractivity contribution in [2.45, 2.75) is 13.3 Å². The quantitative estimate of drug-likeness (QED) is 0.726. The molecule has 1 amide bonds. The van der Waals surface area contributed by atoms with Crippen LogP contribution in [0.1, 0.15) is 21.5 Å². The van der Waals surface area contributed by atoms with E-state index >= 15 is 0 Å². The smallest absolute Gasteiger partial charge is 0.255 e. The van der Waals surface area contributed by atoms with Gasteiger partial charge in [-0.25, -0.2) is 0 Å². The highest BCUT2D eigenvalue weighted by Gasteiger charge is 2.24. The lowest BCUT2D eigenvalue weighted by atomic mass is 9.98. The average molecular weight is 350 g/mol. The molecule has 134 valence electrons. The number of benzene rings is 1. The second-order valence-corrected chi connectivity index (χ2v) is 6.94. The molecule has 1 fully saturated rings. The first-order valence-corrected chi connectivity index (χ1v) is 8.94. The molecule has 0 spiro atoms. The van der Waals surface area contributed by atoms with E-state index in [4.69, 9.17) is 9.15 Å². The summed E-state index contributed by atoms with van der Waals surface area (Å²) in [6.45, 7) is 4.47. The molecule has 1 saturated heterocycles. The number of pyridine rings is 1. The van der Waals surface area contributed by atoms with Crippen LogP contribution in [0.4, 0.5) is 0 Å². The Hall–Kier alpha value is -2.66. The number of carbonyl (C=O) groups is 1. The highest BCUT2D eigenvalue weighted by molar-refractivity contribution is 5.94. The average Bonchev–Trinajstić information content (AvgIpc) is 2.99. The van der Waals surface area contributed by atoms with Crippen LogP contribution in [0.3, 0.4) is 0 Å². The van der Waals surface area contributed by atoms with Crippen LogP contribution in [0.5, 0.6) is 0 Å². The first kappa shape index (κ1) is 16.8. The molecule has 1 aromatic carbocycles. The maximum absolute atomic E-state index is 12.9. The summed E-state index contributed by atoms with van der Waals surface area (Å²) in [5.74, 6) is 0.282. The van der Waals surface area contributed by atoms with Gasteiger partial charge in [0.2, 0.25) is 0 Å². The molecule has 0 N–H and O–H groups in total. The van der Waals surface area contributed by atoms with Crippen LogP contribution in [-0.4, -0.2) is 42.1 Å². The van der Waals surface area contributed by atoms with E-state index < -0.39 is 0 Å². The predicted octanol–water partition coefficient (Wildman–Crippen LogP) is 3.47. The van der Waals surface area contributed by atoms with Gasteiger partial charge in [0.25, 0.3) is 5.91 Å². The van der Waals surface area contributed by atoms with E-state index in [9.17, 15) is 4.79 Å². The third-order valence-electron chi connectivity index (χ3n) is 4.79. The van der Waals surface area contributed by atoms with Crippen molar-refractivity contribution >= 4 is 16.9 Å². The Bertz CT molecular complexity index is 918. The van der Waals surface area contributed by atoms with Gasteiger partial charge >= 0.3 is 0 Å². The van der Waals surface area contributed by atoms with Gasteiger partial charge < -0.3 is 14.1 Å². The Morgan fingerprint density at radius 1 is 1.27 bits per heavy atom. The van der Waals surface area contributed by atoms with Crippen LogP contribution < -0.4 is 0 Å². The van der Waals surface area contributed by atoms with Crippen LogP contribution in [0.15, 0.2) is 53.4 Å². The Morgan fingerprint density at radius 2 is 2.19 bits per heavy atom. The number of ether oxygens (including phenoxy) is 1. The molecule has 0 aliphatic carbocycles. The molecule has 1 aliphatic heterocycles. The molecule has 4 rings (SSSR count). The molecular weight excluding hydrogens is 328 g/mol. The summed E-state index contributed by atoms with van der Waals surface area (Å²) >= 11 is 0. The van der Waals surface area contributed by atoms with Crippen molar-refractivity contribution in [3.8, 4) is 0 Å². The number of aryl methyl sites for hydroxylation is 1. The van der Waals surface area contributed by atoms with Crippen molar-refractivity contribution in [3.05, 3.63) is 65.7 Å². The molecule has 0 bridgehead atoms. The summed E-state index contributed by atoms with van der Waals surface area (Å²) in [5.41, 5.74) is 3.73. The third-order valence-corrected chi connectivity index (χ3v) is 4.79. The molecule has 5 heteroatoms. The van der Waals surface area contributed by atoms with Crippen molar-refractivity contribution in [1.29, 1.82) is 0 Å². The summed E-state index contributed by atoms with van der Waals surface area (Å²) in [5, 5.41) is 1.11. The number of nitrogens with zero attached hydrogens (tertiary/aromatic N) is 2. The third kappa shape index (κ3) is 3.63. The summed E-state index contributed by atoms with van der Waals surface area (Å²) in [7, 11) is 0. The summed E-state index contributed by atoms with van der Waals surface area (Å²) < 4.78 is 11.3. The van der Waals surface area contributed by atoms with Crippen LogP contribution in [0, 0.1) is 12.8 Å². The second kappa shape index (κ2) is 7.30. The van der Waals surface area contributed by atoms with E-state index in [1.807, 2.05) is 24.0 Å². The molecular formula is C21H22N2O3. The molecule has 2 aromatic heterocycles. The largest absolute Gasteiger partial charge is 0.464 e. The summed E-state index contributed by atoms with van der Waals surface area (Å²) in [6, 6.07) is 10.1. The minimum atomic E-state index is 0.0261. The second-order valence-electron chi connectivity index (χ2n) is 6.94. The fraction of sp³-hybridized carbons (Fsp3) is 0.333. The maximum Gasteiger partial charge on any atom is 0.255 e. The number of rotatable bonds is 3. The molecule has 1 aliphatic rings. The number of hydrogen-bond acceptors (Lipinski definition) is 4. The fourth-order valence-electron chi connectivity index (χ4n) is 3.50. The standard InChI is InChI=1S/C21H22N2O3/c1-15-8-19(12-22-11-15)21(24)23-5-7-25-14-17(13-23)9-16-2-3-18-4-6-26-20(18)10-16/h2-4,6,8,10-12,17H,5,7,9,13-14H2,1H3/t17-/m0/s1.